The van der Waals surface area contributed by atoms with Crippen LogP contribution in [0.3, 0.4) is 0 Å². The summed E-state index contributed by atoms with van der Waals surface area (Å²) in [6.07, 6.45) is -0.508. The zero-order chi connectivity index (χ0) is 13.2. The number of hydrogen-bond donors (Lipinski definition) is 2. The molecule has 2 N–H and O–H groups in total. The van der Waals surface area contributed by atoms with Crippen molar-refractivity contribution in [3.63, 3.8) is 0 Å². The number of hydrogen-bond acceptors (Lipinski definition) is 4. The van der Waals surface area contributed by atoms with E-state index in [9.17, 15) is 5.11 Å². The maximum atomic E-state index is 9.69. The van der Waals surface area contributed by atoms with Gasteiger partial charge in [0.1, 0.15) is 0 Å². The third-order valence-electron chi connectivity index (χ3n) is 2.27. The predicted octanol–water partition coefficient (Wildman–Crippen LogP) is 2.12. The van der Waals surface area contributed by atoms with Gasteiger partial charge in [-0.1, -0.05) is 0 Å². The molecule has 0 fully saturated rings. The van der Waals surface area contributed by atoms with Crippen molar-refractivity contribution in [1.82, 2.24) is 0 Å². The van der Waals surface area contributed by atoms with Crippen molar-refractivity contribution < 1.29 is 14.6 Å². The monoisotopic (exact) mass is 365 g/mol. The molecule has 18 heavy (non-hydrogen) atoms. The second-order valence-electron chi connectivity index (χ2n) is 3.81. The molecule has 0 bridgehead atoms. The normalized spacial score (nSPS) is 12.4. The average molecular weight is 365 g/mol. The van der Waals surface area contributed by atoms with Gasteiger partial charge in [0, 0.05) is 22.4 Å². The zero-order valence-electron chi connectivity index (χ0n) is 10.6. The number of rotatable bonds is 9. The molecule has 1 unspecified atom stereocenters. The molecule has 0 radical (unpaired) electrons. The second kappa shape index (κ2) is 9.55. The van der Waals surface area contributed by atoms with Crippen LogP contribution in [0, 0.1) is 3.57 Å². The van der Waals surface area contributed by atoms with Gasteiger partial charge in [-0.05, 0) is 53.8 Å². The minimum Gasteiger partial charge on any atom is -0.389 e. The molecule has 1 aromatic rings. The van der Waals surface area contributed by atoms with E-state index in [4.69, 9.17) is 9.47 Å². The van der Waals surface area contributed by atoms with Crippen LogP contribution in [-0.2, 0) is 9.47 Å². The van der Waals surface area contributed by atoms with Gasteiger partial charge in [-0.2, -0.15) is 0 Å². The third kappa shape index (κ3) is 7.15. The molecule has 1 rings (SSSR count). The van der Waals surface area contributed by atoms with Gasteiger partial charge in [-0.15, -0.1) is 0 Å². The highest BCUT2D eigenvalue weighted by molar-refractivity contribution is 14.1. The first-order valence-corrected chi connectivity index (χ1v) is 7.13. The molecule has 1 aromatic carbocycles. The van der Waals surface area contributed by atoms with Gasteiger partial charge in [0.25, 0.3) is 0 Å². The molecule has 0 heterocycles. The van der Waals surface area contributed by atoms with Gasteiger partial charge in [-0.3, -0.25) is 0 Å². The van der Waals surface area contributed by atoms with Gasteiger partial charge in [-0.25, -0.2) is 0 Å². The lowest BCUT2D eigenvalue weighted by molar-refractivity contribution is 0.0103. The summed E-state index contributed by atoms with van der Waals surface area (Å²) in [6, 6.07) is 8.02. The van der Waals surface area contributed by atoms with Crippen LogP contribution in [0.15, 0.2) is 24.3 Å². The molecule has 4 nitrogen and oxygen atoms in total. The Kier molecular flexibility index (Phi) is 8.32. The van der Waals surface area contributed by atoms with E-state index in [0.29, 0.717) is 33.0 Å². The van der Waals surface area contributed by atoms with Crippen molar-refractivity contribution in [2.45, 2.75) is 13.0 Å². The number of ether oxygens (including phenoxy) is 2. The van der Waals surface area contributed by atoms with Crippen LogP contribution in [0.25, 0.3) is 0 Å². The largest absolute Gasteiger partial charge is 0.389 e. The van der Waals surface area contributed by atoms with E-state index >= 15 is 0 Å². The van der Waals surface area contributed by atoms with Crippen LogP contribution in [0.5, 0.6) is 0 Å². The van der Waals surface area contributed by atoms with Crippen LogP contribution < -0.4 is 5.32 Å². The molecule has 1 atom stereocenters. The fourth-order valence-electron chi connectivity index (χ4n) is 1.34. The van der Waals surface area contributed by atoms with Gasteiger partial charge in [0.2, 0.25) is 0 Å². The van der Waals surface area contributed by atoms with E-state index in [2.05, 4.69) is 27.9 Å². The van der Waals surface area contributed by atoms with E-state index in [1.807, 2.05) is 31.2 Å². The summed E-state index contributed by atoms with van der Waals surface area (Å²) in [6.45, 7) is 4.54. The van der Waals surface area contributed by atoms with Crippen molar-refractivity contribution in [1.29, 1.82) is 0 Å². The van der Waals surface area contributed by atoms with Gasteiger partial charge < -0.3 is 19.9 Å². The minimum absolute atomic E-state index is 0.324. The molecular formula is C13H20INO3. The highest BCUT2D eigenvalue weighted by Gasteiger charge is 2.03. The van der Waals surface area contributed by atoms with E-state index in [0.717, 1.165) is 5.69 Å². The minimum atomic E-state index is -0.508. The van der Waals surface area contributed by atoms with Crippen molar-refractivity contribution >= 4 is 28.3 Å². The van der Waals surface area contributed by atoms with Crippen LogP contribution in [-0.4, -0.2) is 44.2 Å². The number of aliphatic hydroxyl groups excluding tert-OH is 1. The number of nitrogens with one attached hydrogen (secondary N) is 1. The molecule has 0 saturated carbocycles. The Labute approximate surface area is 122 Å². The van der Waals surface area contributed by atoms with Gasteiger partial charge in [0.15, 0.2) is 0 Å². The fraction of sp³-hybridized carbons (Fsp3) is 0.538. The topological polar surface area (TPSA) is 50.7 Å². The summed E-state index contributed by atoms with van der Waals surface area (Å²) in [5.41, 5.74) is 1.00. The van der Waals surface area contributed by atoms with Crippen molar-refractivity contribution in [2.75, 3.05) is 38.3 Å². The Balaban J connectivity index is 2.09. The summed E-state index contributed by atoms with van der Waals surface area (Å²) in [5, 5.41) is 12.9. The van der Waals surface area contributed by atoms with Crippen LogP contribution in [0.2, 0.25) is 0 Å². The summed E-state index contributed by atoms with van der Waals surface area (Å²) >= 11 is 2.26. The molecule has 0 aliphatic carbocycles. The molecule has 5 heteroatoms. The highest BCUT2D eigenvalue weighted by atomic mass is 127. The molecule has 0 aromatic heterocycles. The second-order valence-corrected chi connectivity index (χ2v) is 5.06. The Morgan fingerprint density at radius 3 is 2.56 bits per heavy atom. The Morgan fingerprint density at radius 2 is 1.89 bits per heavy atom. The standard InChI is InChI=1S/C13H20INO3/c1-2-17-7-8-18-10-13(16)9-15-12-5-3-11(14)4-6-12/h3-6,13,15-16H,2,7-10H2,1H3. The molecule has 0 aliphatic heterocycles. The first kappa shape index (κ1) is 15.7. The van der Waals surface area contributed by atoms with Crippen molar-refractivity contribution in [3.8, 4) is 0 Å². The van der Waals surface area contributed by atoms with E-state index in [-0.39, 0.29) is 0 Å². The van der Waals surface area contributed by atoms with Crippen LogP contribution in [0.4, 0.5) is 5.69 Å². The molecule has 0 aliphatic rings. The lowest BCUT2D eigenvalue weighted by atomic mass is 10.3. The van der Waals surface area contributed by atoms with E-state index in [1.54, 1.807) is 0 Å². The highest BCUT2D eigenvalue weighted by Crippen LogP contribution is 2.10. The number of anilines is 1. The quantitative estimate of drug-likeness (QED) is 0.520. The predicted molar refractivity (Wildman–Crippen MR) is 81.0 cm³/mol. The summed E-state index contributed by atoms with van der Waals surface area (Å²) in [5.74, 6) is 0. The molecule has 0 amide bonds. The van der Waals surface area contributed by atoms with Crippen molar-refractivity contribution in [2.24, 2.45) is 0 Å². The van der Waals surface area contributed by atoms with E-state index < -0.39 is 6.10 Å². The lowest BCUT2D eigenvalue weighted by Crippen LogP contribution is -2.25. The maximum Gasteiger partial charge on any atom is 0.0945 e. The smallest absolute Gasteiger partial charge is 0.0945 e. The zero-order valence-corrected chi connectivity index (χ0v) is 12.7. The SMILES string of the molecule is CCOCCOCC(O)CNc1ccc(I)cc1. The summed E-state index contributed by atoms with van der Waals surface area (Å²) < 4.78 is 11.6. The summed E-state index contributed by atoms with van der Waals surface area (Å²) in [7, 11) is 0. The van der Waals surface area contributed by atoms with Gasteiger partial charge in [0.05, 0.1) is 25.9 Å². The fourth-order valence-corrected chi connectivity index (χ4v) is 1.70. The van der Waals surface area contributed by atoms with E-state index in [1.165, 1.54) is 3.57 Å². The first-order valence-electron chi connectivity index (χ1n) is 6.05. The average Bonchev–Trinajstić information content (AvgIpc) is 2.38. The van der Waals surface area contributed by atoms with Crippen LogP contribution in [0.1, 0.15) is 6.92 Å². The third-order valence-corrected chi connectivity index (χ3v) is 2.99. The number of benzene rings is 1. The number of halogens is 1. The van der Waals surface area contributed by atoms with Crippen LogP contribution >= 0.6 is 22.6 Å². The van der Waals surface area contributed by atoms with Gasteiger partial charge >= 0.3 is 0 Å². The molecule has 102 valence electrons. The number of aliphatic hydroxyl groups is 1. The molecule has 0 spiro atoms. The Hall–Kier alpha value is -0.370. The maximum absolute atomic E-state index is 9.69. The summed E-state index contributed by atoms with van der Waals surface area (Å²) in [4.78, 5) is 0. The Morgan fingerprint density at radius 1 is 1.22 bits per heavy atom. The lowest BCUT2D eigenvalue weighted by Gasteiger charge is -2.13. The molecule has 0 saturated heterocycles. The first-order chi connectivity index (χ1) is 8.72. The Bertz CT molecular complexity index is 319. The van der Waals surface area contributed by atoms with Crippen molar-refractivity contribution in [3.05, 3.63) is 27.8 Å². The molecular weight excluding hydrogens is 345 g/mol.